The molecule has 0 atom stereocenters. The molecule has 1 rings (SSSR count). The number of ether oxygens (including phenoxy) is 1. The predicted octanol–water partition coefficient (Wildman–Crippen LogP) is 2.38. The highest BCUT2D eigenvalue weighted by Crippen LogP contribution is 2.33. The van der Waals surface area contributed by atoms with E-state index in [0.717, 1.165) is 0 Å². The second kappa shape index (κ2) is 4.24. The van der Waals surface area contributed by atoms with E-state index in [2.05, 4.69) is 4.98 Å². The van der Waals surface area contributed by atoms with E-state index in [0.29, 0.717) is 17.9 Å². The summed E-state index contributed by atoms with van der Waals surface area (Å²) in [5.74, 6) is 0. The normalized spacial score (nSPS) is 11.2. The zero-order valence-corrected chi connectivity index (χ0v) is 9.76. The van der Waals surface area contributed by atoms with Crippen LogP contribution in [0.25, 0.3) is 0 Å². The Kier molecular flexibility index (Phi) is 3.42. The zero-order chi connectivity index (χ0) is 11.6. The minimum absolute atomic E-state index is 0.203. The first-order valence-corrected chi connectivity index (χ1v) is 4.87. The number of rotatable bonds is 3. The van der Waals surface area contributed by atoms with Crippen molar-refractivity contribution in [3.63, 3.8) is 0 Å². The largest absolute Gasteiger partial charge is 0.455 e. The number of hydrogen-bond donors (Lipinski definition) is 1. The van der Waals surface area contributed by atoms with Crippen LogP contribution in [-0.2, 0) is 15.1 Å². The minimum Gasteiger partial charge on any atom is -0.455 e. The van der Waals surface area contributed by atoms with Crippen LogP contribution in [-0.4, -0.2) is 11.5 Å². The van der Waals surface area contributed by atoms with E-state index >= 15 is 0 Å². The van der Waals surface area contributed by atoms with Gasteiger partial charge in [0, 0.05) is 0 Å². The highest BCUT2D eigenvalue weighted by Gasteiger charge is 2.28. The fourth-order valence-electron chi connectivity index (χ4n) is 1.09. The van der Waals surface area contributed by atoms with Crippen molar-refractivity contribution in [2.45, 2.75) is 19.4 Å². The van der Waals surface area contributed by atoms with Crippen LogP contribution >= 0.6 is 23.2 Å². The molecule has 1 aromatic rings. The molecule has 0 aliphatic heterocycles. The van der Waals surface area contributed by atoms with Gasteiger partial charge in [0.25, 0.3) is 6.47 Å². The molecule has 0 spiro atoms. The third-order valence-electron chi connectivity index (χ3n) is 1.87. The number of aromatic nitrogens is 1. The van der Waals surface area contributed by atoms with E-state index in [1.165, 1.54) is 6.07 Å². The summed E-state index contributed by atoms with van der Waals surface area (Å²) < 4.78 is 4.86. The van der Waals surface area contributed by atoms with E-state index in [9.17, 15) is 4.79 Å². The Hall–Kier alpha value is -1.00. The molecule has 0 aliphatic rings. The number of halogens is 2. The van der Waals surface area contributed by atoms with E-state index in [1.807, 2.05) is 0 Å². The highest BCUT2D eigenvalue weighted by atomic mass is 35.5. The van der Waals surface area contributed by atoms with Gasteiger partial charge >= 0.3 is 0 Å². The number of nitrogens with zero attached hydrogens (tertiary/aromatic N) is 1. The number of carbonyl (C=O) groups excluding carboxylic acids is 1. The molecule has 0 radical (unpaired) electrons. The quantitative estimate of drug-likeness (QED) is 0.659. The molecule has 6 heteroatoms. The summed E-state index contributed by atoms with van der Waals surface area (Å²) in [5.41, 5.74) is 5.29. The van der Waals surface area contributed by atoms with E-state index in [4.69, 9.17) is 33.7 Å². The van der Waals surface area contributed by atoms with Crippen molar-refractivity contribution >= 4 is 35.4 Å². The summed E-state index contributed by atoms with van der Waals surface area (Å²) in [6.07, 6.45) is 0. The van der Waals surface area contributed by atoms with Crippen LogP contribution in [0.2, 0.25) is 10.2 Å². The second-order valence-corrected chi connectivity index (χ2v) is 4.19. The predicted molar refractivity (Wildman–Crippen MR) is 58.8 cm³/mol. The van der Waals surface area contributed by atoms with Crippen molar-refractivity contribution < 1.29 is 9.53 Å². The van der Waals surface area contributed by atoms with Crippen LogP contribution in [0.4, 0.5) is 5.69 Å². The SMILES string of the molecule is CC(C)(OC=O)c1nc(Cl)cc(N)c1Cl. The lowest BCUT2D eigenvalue weighted by atomic mass is 10.0. The van der Waals surface area contributed by atoms with Gasteiger partial charge in [0.2, 0.25) is 0 Å². The summed E-state index contributed by atoms with van der Waals surface area (Å²) in [6, 6.07) is 1.43. The number of nitrogen functional groups attached to an aromatic ring is 1. The van der Waals surface area contributed by atoms with E-state index in [1.54, 1.807) is 13.8 Å². The van der Waals surface area contributed by atoms with Gasteiger partial charge in [0.1, 0.15) is 16.4 Å². The number of carbonyl (C=O) groups is 1. The highest BCUT2D eigenvalue weighted by molar-refractivity contribution is 6.35. The monoisotopic (exact) mass is 248 g/mol. The molecule has 0 bridgehead atoms. The standard InChI is InChI=1S/C9H10Cl2N2O2/c1-9(2,15-4-14)8-7(11)5(12)3-6(10)13-8/h3-4H,1-2H3,(H2,12,13). The first-order chi connectivity index (χ1) is 6.88. The van der Waals surface area contributed by atoms with Gasteiger partial charge in [-0.2, -0.15) is 0 Å². The molecule has 0 saturated carbocycles. The first-order valence-electron chi connectivity index (χ1n) is 4.12. The molecule has 0 saturated heterocycles. The van der Waals surface area contributed by atoms with Crippen LogP contribution in [0.5, 0.6) is 0 Å². The van der Waals surface area contributed by atoms with Gasteiger partial charge in [0.05, 0.1) is 10.7 Å². The van der Waals surface area contributed by atoms with Crippen molar-refractivity contribution in [1.29, 1.82) is 0 Å². The fourth-order valence-corrected chi connectivity index (χ4v) is 1.62. The fraction of sp³-hybridized carbons (Fsp3) is 0.333. The van der Waals surface area contributed by atoms with Crippen LogP contribution < -0.4 is 5.73 Å². The number of anilines is 1. The van der Waals surface area contributed by atoms with Gasteiger partial charge in [-0.15, -0.1) is 0 Å². The summed E-state index contributed by atoms with van der Waals surface area (Å²) in [4.78, 5) is 14.3. The average molecular weight is 249 g/mol. The molecule has 1 heterocycles. The molecule has 0 amide bonds. The maximum atomic E-state index is 10.3. The lowest BCUT2D eigenvalue weighted by molar-refractivity contribution is -0.141. The van der Waals surface area contributed by atoms with E-state index < -0.39 is 5.60 Å². The minimum atomic E-state index is -0.960. The molecule has 4 nitrogen and oxygen atoms in total. The molecule has 0 aliphatic carbocycles. The Morgan fingerprint density at radius 3 is 2.67 bits per heavy atom. The van der Waals surface area contributed by atoms with Crippen molar-refractivity contribution in [3.8, 4) is 0 Å². The number of hydrogen-bond acceptors (Lipinski definition) is 4. The van der Waals surface area contributed by atoms with Crippen LogP contribution in [0.15, 0.2) is 6.07 Å². The van der Waals surface area contributed by atoms with Crippen molar-refractivity contribution in [3.05, 3.63) is 21.9 Å². The van der Waals surface area contributed by atoms with Crippen molar-refractivity contribution in [1.82, 2.24) is 4.98 Å². The molecule has 0 unspecified atom stereocenters. The van der Waals surface area contributed by atoms with Gasteiger partial charge in [0.15, 0.2) is 0 Å². The van der Waals surface area contributed by atoms with Crippen molar-refractivity contribution in [2.75, 3.05) is 5.73 Å². The Labute approximate surface area is 97.3 Å². The van der Waals surface area contributed by atoms with Gasteiger partial charge in [-0.05, 0) is 19.9 Å². The van der Waals surface area contributed by atoms with Gasteiger partial charge in [-0.1, -0.05) is 23.2 Å². The number of pyridine rings is 1. The maximum Gasteiger partial charge on any atom is 0.294 e. The second-order valence-electron chi connectivity index (χ2n) is 3.42. The molecule has 82 valence electrons. The smallest absolute Gasteiger partial charge is 0.294 e. The van der Waals surface area contributed by atoms with Crippen LogP contribution in [0, 0.1) is 0 Å². The lowest BCUT2D eigenvalue weighted by Gasteiger charge is -2.23. The maximum absolute atomic E-state index is 10.3. The van der Waals surface area contributed by atoms with Gasteiger partial charge in [-0.3, -0.25) is 4.79 Å². The Morgan fingerprint density at radius 2 is 2.13 bits per heavy atom. The zero-order valence-electron chi connectivity index (χ0n) is 8.25. The molecule has 15 heavy (non-hydrogen) atoms. The summed E-state index contributed by atoms with van der Waals surface area (Å²) in [7, 11) is 0. The first kappa shape index (κ1) is 12.1. The van der Waals surface area contributed by atoms with Crippen LogP contribution in [0.1, 0.15) is 19.5 Å². The Morgan fingerprint density at radius 1 is 1.53 bits per heavy atom. The summed E-state index contributed by atoms with van der Waals surface area (Å²) in [6.45, 7) is 3.62. The molecule has 0 fully saturated rings. The third-order valence-corrected chi connectivity index (χ3v) is 2.46. The summed E-state index contributed by atoms with van der Waals surface area (Å²) >= 11 is 11.7. The van der Waals surface area contributed by atoms with Gasteiger partial charge in [-0.25, -0.2) is 4.98 Å². The van der Waals surface area contributed by atoms with Gasteiger partial charge < -0.3 is 10.5 Å². The van der Waals surface area contributed by atoms with E-state index in [-0.39, 0.29) is 10.2 Å². The van der Waals surface area contributed by atoms with Crippen molar-refractivity contribution in [2.24, 2.45) is 0 Å². The number of nitrogens with two attached hydrogens (primary N) is 1. The summed E-state index contributed by atoms with van der Waals surface area (Å²) in [5, 5.41) is 0.445. The lowest BCUT2D eigenvalue weighted by Crippen LogP contribution is -2.23. The third kappa shape index (κ3) is 2.52. The molecule has 0 aromatic carbocycles. The van der Waals surface area contributed by atoms with Crippen LogP contribution in [0.3, 0.4) is 0 Å². The topological polar surface area (TPSA) is 65.2 Å². The molecular formula is C9H10Cl2N2O2. The average Bonchev–Trinajstić information content (AvgIpc) is 2.11. The molecular weight excluding hydrogens is 239 g/mol. The molecule has 1 aromatic heterocycles. The molecule has 2 N–H and O–H groups in total. The Bertz CT molecular complexity index is 394. The Balaban J connectivity index is 3.29.